The number of anilines is 2. The normalized spacial score (nSPS) is 10.6. The largest absolute Gasteiger partial charge is 0.465 e. The summed E-state index contributed by atoms with van der Waals surface area (Å²) in [6.45, 7) is 1.33. The highest BCUT2D eigenvalue weighted by atomic mass is 79.9. The number of methoxy groups -OCH3 is 1. The van der Waals surface area contributed by atoms with Crippen LogP contribution in [0.2, 0.25) is 0 Å². The molecule has 0 spiro atoms. The van der Waals surface area contributed by atoms with Crippen LogP contribution in [-0.2, 0) is 17.8 Å². The van der Waals surface area contributed by atoms with Crippen LogP contribution in [0.25, 0.3) is 22.1 Å². The van der Waals surface area contributed by atoms with Crippen molar-refractivity contribution in [3.05, 3.63) is 47.5 Å². The van der Waals surface area contributed by atoms with E-state index in [9.17, 15) is 9.59 Å². The van der Waals surface area contributed by atoms with Gasteiger partial charge in [-0.15, -0.1) is 34.0 Å². The molecule has 0 aliphatic carbocycles. The molecule has 6 N–H and O–H groups in total. The van der Waals surface area contributed by atoms with Gasteiger partial charge >= 0.3 is 5.97 Å². The van der Waals surface area contributed by atoms with Crippen molar-refractivity contribution in [1.29, 1.82) is 0 Å². The Kier molecular flexibility index (Phi) is 8.45. The van der Waals surface area contributed by atoms with Gasteiger partial charge in [0, 0.05) is 18.7 Å². The molecule has 4 rings (SSSR count). The van der Waals surface area contributed by atoms with E-state index >= 15 is 0 Å². The van der Waals surface area contributed by atoms with Gasteiger partial charge in [0.1, 0.15) is 0 Å². The minimum absolute atomic E-state index is 0. The second kappa shape index (κ2) is 10.7. The van der Waals surface area contributed by atoms with Crippen molar-refractivity contribution >= 4 is 79.8 Å². The molecule has 12 heteroatoms. The van der Waals surface area contributed by atoms with Gasteiger partial charge in [-0.1, -0.05) is 0 Å². The zero-order valence-electron chi connectivity index (χ0n) is 17.9. The van der Waals surface area contributed by atoms with E-state index in [2.05, 4.69) is 9.97 Å². The number of carbonyl (C=O) groups excluding carboxylic acids is 2. The summed E-state index contributed by atoms with van der Waals surface area (Å²) in [5, 5.41) is 0. The molecule has 0 atom stereocenters. The van der Waals surface area contributed by atoms with Crippen molar-refractivity contribution in [2.24, 2.45) is 5.73 Å². The SMILES string of the molecule is Br.Br.COC(=O)c1ccc2c(c1)nc(N)n2CCCCn1c(N)nc2cc(C(N)=O)ccc21. The monoisotopic (exact) mass is 581 g/mol. The number of unbranched alkanes of at least 4 members (excludes halogenated alkanes) is 1. The zero-order valence-corrected chi connectivity index (χ0v) is 21.3. The standard InChI is InChI=1S/C21H23N7O3.2BrH/c1-31-19(30)13-5-7-17-15(11-13)26-21(24)28(17)9-3-2-8-27-16-6-4-12(18(22)29)10-14(16)25-20(27)23;;/h4-7,10-11H,2-3,8-9H2,1H3,(H2,22,29)(H2,23,25)(H2,24,26);2*1H. The lowest BCUT2D eigenvalue weighted by molar-refractivity contribution is 0.0600. The molecule has 0 unspecified atom stereocenters. The fraction of sp³-hybridized carbons (Fsp3) is 0.238. The minimum Gasteiger partial charge on any atom is -0.465 e. The van der Waals surface area contributed by atoms with Crippen LogP contribution >= 0.6 is 34.0 Å². The van der Waals surface area contributed by atoms with Crippen LogP contribution in [0.4, 0.5) is 11.9 Å². The summed E-state index contributed by atoms with van der Waals surface area (Å²) in [5.41, 5.74) is 21.3. The quantitative estimate of drug-likeness (QED) is 0.223. The minimum atomic E-state index is -0.501. The summed E-state index contributed by atoms with van der Waals surface area (Å²) in [4.78, 5) is 31.8. The molecule has 0 fully saturated rings. The maximum atomic E-state index is 11.7. The van der Waals surface area contributed by atoms with Crippen LogP contribution in [0.3, 0.4) is 0 Å². The van der Waals surface area contributed by atoms with E-state index in [0.29, 0.717) is 47.1 Å². The Morgan fingerprint density at radius 2 is 1.30 bits per heavy atom. The van der Waals surface area contributed by atoms with Crippen LogP contribution in [0.15, 0.2) is 36.4 Å². The average Bonchev–Trinajstić information content (AvgIpc) is 3.24. The number of fused-ring (bicyclic) bond motifs is 2. The number of hydrogen-bond acceptors (Lipinski definition) is 7. The van der Waals surface area contributed by atoms with Crippen molar-refractivity contribution in [1.82, 2.24) is 19.1 Å². The van der Waals surface area contributed by atoms with E-state index in [4.69, 9.17) is 21.9 Å². The van der Waals surface area contributed by atoms with Crippen LogP contribution in [0.5, 0.6) is 0 Å². The van der Waals surface area contributed by atoms with Crippen molar-refractivity contribution in [2.75, 3.05) is 18.6 Å². The van der Waals surface area contributed by atoms with Crippen molar-refractivity contribution < 1.29 is 14.3 Å². The molecule has 0 bridgehead atoms. The molecular formula is C21H25Br2N7O3. The number of nitrogens with zero attached hydrogens (tertiary/aromatic N) is 4. The lowest BCUT2D eigenvalue weighted by Crippen LogP contribution is -2.10. The third kappa shape index (κ3) is 5.11. The first-order valence-corrected chi connectivity index (χ1v) is 9.78. The highest BCUT2D eigenvalue weighted by Crippen LogP contribution is 2.22. The van der Waals surface area contributed by atoms with Gasteiger partial charge in [-0.05, 0) is 49.2 Å². The second-order valence-electron chi connectivity index (χ2n) is 7.21. The second-order valence-corrected chi connectivity index (χ2v) is 7.21. The lowest BCUT2D eigenvalue weighted by atomic mass is 10.2. The van der Waals surface area contributed by atoms with Gasteiger partial charge < -0.3 is 31.1 Å². The van der Waals surface area contributed by atoms with E-state index in [0.717, 1.165) is 23.9 Å². The Bertz CT molecular complexity index is 1320. The molecule has 0 saturated carbocycles. The number of imidazole rings is 2. The molecule has 0 aliphatic heterocycles. The Labute approximate surface area is 210 Å². The van der Waals surface area contributed by atoms with E-state index < -0.39 is 11.9 Å². The molecule has 10 nitrogen and oxygen atoms in total. The molecule has 0 saturated heterocycles. The molecular weight excluding hydrogens is 558 g/mol. The lowest BCUT2D eigenvalue weighted by Gasteiger charge is -2.09. The fourth-order valence-corrected chi connectivity index (χ4v) is 3.70. The number of ether oxygens (including phenoxy) is 1. The summed E-state index contributed by atoms with van der Waals surface area (Å²) in [6, 6.07) is 10.3. The number of primary amides is 1. The van der Waals surface area contributed by atoms with Gasteiger partial charge in [-0.3, -0.25) is 4.79 Å². The number of rotatable bonds is 7. The average molecular weight is 583 g/mol. The van der Waals surface area contributed by atoms with E-state index in [-0.39, 0.29) is 34.0 Å². The number of aromatic nitrogens is 4. The van der Waals surface area contributed by atoms with Crippen LogP contribution in [0.1, 0.15) is 33.6 Å². The van der Waals surface area contributed by atoms with Crippen LogP contribution in [-0.4, -0.2) is 38.1 Å². The van der Waals surface area contributed by atoms with Crippen molar-refractivity contribution in [3.63, 3.8) is 0 Å². The predicted octanol–water partition coefficient (Wildman–Crippen LogP) is 3.07. The Morgan fingerprint density at radius 1 is 0.848 bits per heavy atom. The van der Waals surface area contributed by atoms with Crippen molar-refractivity contribution in [3.8, 4) is 0 Å². The Hall–Kier alpha value is -3.12. The van der Waals surface area contributed by atoms with Gasteiger partial charge in [0.05, 0.1) is 34.7 Å². The number of benzene rings is 2. The van der Waals surface area contributed by atoms with Gasteiger partial charge in [-0.25, -0.2) is 14.8 Å². The van der Waals surface area contributed by atoms with Crippen LogP contribution < -0.4 is 17.2 Å². The number of nitrogens with two attached hydrogens (primary N) is 3. The predicted molar refractivity (Wildman–Crippen MR) is 138 cm³/mol. The van der Waals surface area contributed by atoms with E-state index in [1.807, 2.05) is 15.2 Å². The zero-order chi connectivity index (χ0) is 22.1. The first-order valence-electron chi connectivity index (χ1n) is 9.78. The van der Waals surface area contributed by atoms with E-state index in [1.165, 1.54) is 7.11 Å². The molecule has 0 aliphatic rings. The molecule has 2 aromatic carbocycles. The molecule has 33 heavy (non-hydrogen) atoms. The fourth-order valence-electron chi connectivity index (χ4n) is 3.70. The summed E-state index contributed by atoms with van der Waals surface area (Å²) < 4.78 is 8.59. The van der Waals surface area contributed by atoms with E-state index in [1.54, 1.807) is 30.3 Å². The number of esters is 1. The third-order valence-electron chi connectivity index (χ3n) is 5.27. The molecule has 176 valence electrons. The number of aryl methyl sites for hydroxylation is 2. The summed E-state index contributed by atoms with van der Waals surface area (Å²) in [5.74, 6) is -0.134. The number of amides is 1. The molecule has 2 heterocycles. The van der Waals surface area contributed by atoms with Gasteiger partial charge in [-0.2, -0.15) is 0 Å². The first-order chi connectivity index (χ1) is 14.9. The molecule has 1 amide bonds. The smallest absolute Gasteiger partial charge is 0.337 e. The number of halogens is 2. The highest BCUT2D eigenvalue weighted by Gasteiger charge is 2.13. The third-order valence-corrected chi connectivity index (χ3v) is 5.27. The number of hydrogen-bond donors (Lipinski definition) is 3. The highest BCUT2D eigenvalue weighted by molar-refractivity contribution is 8.93. The van der Waals surface area contributed by atoms with Crippen molar-refractivity contribution in [2.45, 2.75) is 25.9 Å². The van der Waals surface area contributed by atoms with Gasteiger partial charge in [0.15, 0.2) is 0 Å². The number of carbonyl (C=O) groups is 2. The first kappa shape index (κ1) is 26.1. The Morgan fingerprint density at radius 3 is 1.76 bits per heavy atom. The summed E-state index contributed by atoms with van der Waals surface area (Å²) in [6.07, 6.45) is 1.65. The maximum Gasteiger partial charge on any atom is 0.337 e. The topological polar surface area (TPSA) is 157 Å². The van der Waals surface area contributed by atoms with Gasteiger partial charge in [0.25, 0.3) is 0 Å². The summed E-state index contributed by atoms with van der Waals surface area (Å²) >= 11 is 0. The van der Waals surface area contributed by atoms with Crippen LogP contribution in [0, 0.1) is 0 Å². The van der Waals surface area contributed by atoms with Gasteiger partial charge in [0.2, 0.25) is 17.8 Å². The summed E-state index contributed by atoms with van der Waals surface area (Å²) in [7, 11) is 1.34. The molecule has 2 aromatic heterocycles. The Balaban J connectivity index is 0.00000193. The molecule has 0 radical (unpaired) electrons. The number of nitrogen functional groups attached to an aromatic ring is 2. The maximum absolute atomic E-state index is 11.7. The molecule has 4 aromatic rings.